The van der Waals surface area contributed by atoms with E-state index in [9.17, 15) is 0 Å². The van der Waals surface area contributed by atoms with E-state index in [-0.39, 0.29) is 6.10 Å². The normalized spacial score (nSPS) is 19.6. The van der Waals surface area contributed by atoms with Crippen LogP contribution in [0.25, 0.3) is 0 Å². The minimum absolute atomic E-state index is 0.0283. The Labute approximate surface area is 128 Å². The first-order valence-electron chi connectivity index (χ1n) is 8.11. The van der Waals surface area contributed by atoms with Crippen LogP contribution in [0.4, 0.5) is 0 Å². The largest absolute Gasteiger partial charge is 0.374 e. The number of nitrogens with zero attached hydrogens (tertiary/aromatic N) is 2. The number of ether oxygens (including phenoxy) is 1. The van der Waals surface area contributed by atoms with Crippen LogP contribution in [0.3, 0.4) is 0 Å². The lowest BCUT2D eigenvalue weighted by molar-refractivity contribution is 0.111. The zero-order valence-corrected chi connectivity index (χ0v) is 14.1. The quantitative estimate of drug-likeness (QED) is 0.875. The Bertz CT molecular complexity index is 473. The minimum Gasteiger partial charge on any atom is -0.374 e. The molecule has 0 saturated heterocycles. The highest BCUT2D eigenvalue weighted by Crippen LogP contribution is 2.27. The van der Waals surface area contributed by atoms with E-state index in [2.05, 4.69) is 31.1 Å². The van der Waals surface area contributed by atoms with Crippen molar-refractivity contribution in [1.82, 2.24) is 15.3 Å². The summed E-state index contributed by atoms with van der Waals surface area (Å²) in [7, 11) is 1.71. The van der Waals surface area contributed by atoms with Gasteiger partial charge in [-0.15, -0.1) is 0 Å². The van der Waals surface area contributed by atoms with Gasteiger partial charge in [-0.1, -0.05) is 13.8 Å². The average Bonchev–Trinajstić information content (AvgIpc) is 2.46. The molecule has 1 aromatic rings. The van der Waals surface area contributed by atoms with Crippen LogP contribution in [-0.4, -0.2) is 30.2 Å². The molecule has 2 unspecified atom stereocenters. The van der Waals surface area contributed by atoms with Gasteiger partial charge in [0.15, 0.2) is 5.82 Å². The molecule has 0 bridgehead atoms. The molecule has 1 aliphatic carbocycles. The summed E-state index contributed by atoms with van der Waals surface area (Å²) in [6, 6.07) is 0. The van der Waals surface area contributed by atoms with Crippen molar-refractivity contribution in [1.29, 1.82) is 0 Å². The number of rotatable bonds is 6. The van der Waals surface area contributed by atoms with E-state index < -0.39 is 0 Å². The molecule has 0 spiro atoms. The summed E-state index contributed by atoms with van der Waals surface area (Å²) in [6.45, 7) is 10.8. The smallest absolute Gasteiger partial charge is 0.157 e. The van der Waals surface area contributed by atoms with Crippen LogP contribution in [0, 0.1) is 18.8 Å². The highest BCUT2D eigenvalue weighted by Gasteiger charge is 2.23. The van der Waals surface area contributed by atoms with E-state index in [1.807, 2.05) is 6.92 Å². The molecule has 1 heterocycles. The third-order valence-corrected chi connectivity index (χ3v) is 4.30. The Morgan fingerprint density at radius 3 is 2.71 bits per heavy atom. The second kappa shape index (κ2) is 7.32. The molecular weight excluding hydrogens is 262 g/mol. The number of fused-ring (bicyclic) bond motifs is 1. The van der Waals surface area contributed by atoms with E-state index in [0.29, 0.717) is 11.8 Å². The monoisotopic (exact) mass is 291 g/mol. The highest BCUT2D eigenvalue weighted by atomic mass is 16.5. The van der Waals surface area contributed by atoms with E-state index >= 15 is 0 Å². The van der Waals surface area contributed by atoms with E-state index in [1.54, 1.807) is 7.11 Å². The van der Waals surface area contributed by atoms with Gasteiger partial charge in [-0.05, 0) is 63.6 Å². The second-order valence-corrected chi connectivity index (χ2v) is 6.63. The predicted octanol–water partition coefficient (Wildman–Crippen LogP) is 2.84. The highest BCUT2D eigenvalue weighted by molar-refractivity contribution is 5.28. The standard InChI is InChI=1S/C17H29N3O/c1-11(2)9-18-10-14-6-7-16-15(8-14)12(3)19-17(20-16)13(4)21-5/h11,13-14,18H,6-10H2,1-5H3. The van der Waals surface area contributed by atoms with Crippen molar-refractivity contribution < 1.29 is 4.74 Å². The number of aryl methyl sites for hydroxylation is 2. The van der Waals surface area contributed by atoms with Gasteiger partial charge in [0, 0.05) is 18.5 Å². The van der Waals surface area contributed by atoms with Gasteiger partial charge in [0.2, 0.25) is 0 Å². The molecule has 1 aliphatic rings. The summed E-state index contributed by atoms with van der Waals surface area (Å²) in [5, 5.41) is 3.58. The predicted molar refractivity (Wildman–Crippen MR) is 85.4 cm³/mol. The Balaban J connectivity index is 2.04. The molecule has 4 heteroatoms. The lowest BCUT2D eigenvalue weighted by atomic mass is 9.85. The van der Waals surface area contributed by atoms with Gasteiger partial charge < -0.3 is 10.1 Å². The number of hydrogen-bond donors (Lipinski definition) is 1. The maximum absolute atomic E-state index is 5.34. The molecule has 118 valence electrons. The van der Waals surface area contributed by atoms with E-state index in [0.717, 1.165) is 37.4 Å². The Kier molecular flexibility index (Phi) is 5.71. The molecule has 1 N–H and O–H groups in total. The molecule has 0 aliphatic heterocycles. The number of nitrogens with one attached hydrogen (secondary N) is 1. The van der Waals surface area contributed by atoms with Crippen LogP contribution < -0.4 is 5.32 Å². The maximum atomic E-state index is 5.34. The van der Waals surface area contributed by atoms with Crippen molar-refractivity contribution in [2.75, 3.05) is 20.2 Å². The molecule has 0 radical (unpaired) electrons. The van der Waals surface area contributed by atoms with Gasteiger partial charge in [0.25, 0.3) is 0 Å². The van der Waals surface area contributed by atoms with Gasteiger partial charge in [-0.25, -0.2) is 9.97 Å². The van der Waals surface area contributed by atoms with Crippen LogP contribution in [0.1, 0.15) is 56.1 Å². The fraction of sp³-hybridized carbons (Fsp3) is 0.765. The van der Waals surface area contributed by atoms with Crippen LogP contribution in [-0.2, 0) is 17.6 Å². The molecule has 2 rings (SSSR count). The SMILES string of the molecule is COC(C)c1nc(C)c2c(n1)CCC(CNCC(C)C)C2. The molecule has 21 heavy (non-hydrogen) atoms. The first-order chi connectivity index (χ1) is 10.0. The molecule has 1 aromatic heterocycles. The Morgan fingerprint density at radius 2 is 2.05 bits per heavy atom. The van der Waals surface area contributed by atoms with Crippen molar-refractivity contribution in [3.63, 3.8) is 0 Å². The molecule has 0 saturated carbocycles. The summed E-state index contributed by atoms with van der Waals surface area (Å²) in [5.41, 5.74) is 3.73. The van der Waals surface area contributed by atoms with Crippen LogP contribution in [0.2, 0.25) is 0 Å². The van der Waals surface area contributed by atoms with E-state index in [1.165, 1.54) is 17.7 Å². The molecule has 0 amide bonds. The zero-order valence-electron chi connectivity index (χ0n) is 14.1. The van der Waals surface area contributed by atoms with Crippen molar-refractivity contribution in [3.05, 3.63) is 22.8 Å². The first-order valence-corrected chi connectivity index (χ1v) is 8.11. The topological polar surface area (TPSA) is 47.0 Å². The Hall–Kier alpha value is -1.00. The number of hydrogen-bond acceptors (Lipinski definition) is 4. The lowest BCUT2D eigenvalue weighted by Crippen LogP contribution is -2.30. The molecule has 4 nitrogen and oxygen atoms in total. The minimum atomic E-state index is -0.0283. The summed E-state index contributed by atoms with van der Waals surface area (Å²) in [6.07, 6.45) is 3.36. The third kappa shape index (κ3) is 4.24. The third-order valence-electron chi connectivity index (χ3n) is 4.30. The Morgan fingerprint density at radius 1 is 1.29 bits per heavy atom. The summed E-state index contributed by atoms with van der Waals surface area (Å²) >= 11 is 0. The van der Waals surface area contributed by atoms with Gasteiger partial charge in [0.05, 0.1) is 0 Å². The van der Waals surface area contributed by atoms with Gasteiger partial charge in [0.1, 0.15) is 6.10 Å². The number of aromatic nitrogens is 2. The number of methoxy groups -OCH3 is 1. The lowest BCUT2D eigenvalue weighted by Gasteiger charge is -2.26. The van der Waals surface area contributed by atoms with Crippen molar-refractivity contribution >= 4 is 0 Å². The molecule has 0 fully saturated rings. The summed E-state index contributed by atoms with van der Waals surface area (Å²) < 4.78 is 5.34. The van der Waals surface area contributed by atoms with Crippen molar-refractivity contribution in [3.8, 4) is 0 Å². The van der Waals surface area contributed by atoms with Crippen LogP contribution >= 0.6 is 0 Å². The van der Waals surface area contributed by atoms with Gasteiger partial charge in [-0.2, -0.15) is 0 Å². The van der Waals surface area contributed by atoms with Gasteiger partial charge in [-0.3, -0.25) is 0 Å². The fourth-order valence-corrected chi connectivity index (χ4v) is 2.92. The zero-order chi connectivity index (χ0) is 15.4. The molecule has 2 atom stereocenters. The molecule has 0 aromatic carbocycles. The van der Waals surface area contributed by atoms with E-state index in [4.69, 9.17) is 9.72 Å². The average molecular weight is 291 g/mol. The second-order valence-electron chi connectivity index (χ2n) is 6.63. The van der Waals surface area contributed by atoms with Crippen LogP contribution in [0.5, 0.6) is 0 Å². The summed E-state index contributed by atoms with van der Waals surface area (Å²) in [5.74, 6) is 2.25. The van der Waals surface area contributed by atoms with Gasteiger partial charge >= 0.3 is 0 Å². The van der Waals surface area contributed by atoms with Crippen molar-refractivity contribution in [2.24, 2.45) is 11.8 Å². The van der Waals surface area contributed by atoms with Crippen LogP contribution in [0.15, 0.2) is 0 Å². The first kappa shape index (κ1) is 16.4. The van der Waals surface area contributed by atoms with Crippen molar-refractivity contribution in [2.45, 2.75) is 53.1 Å². The fourth-order valence-electron chi connectivity index (χ4n) is 2.92. The maximum Gasteiger partial charge on any atom is 0.157 e. The summed E-state index contributed by atoms with van der Waals surface area (Å²) in [4.78, 5) is 9.37. The molecular formula is C17H29N3O.